The Morgan fingerprint density at radius 2 is 1.27 bits per heavy atom. The molecular weight excluding hydrogens is 665 g/mol. The number of hydrogen-bond acceptors (Lipinski definition) is 2. The summed E-state index contributed by atoms with van der Waals surface area (Å²) in [6.45, 7) is 7.22. The summed E-state index contributed by atoms with van der Waals surface area (Å²) in [5.41, 5.74) is 20.4. The van der Waals surface area contributed by atoms with Crippen LogP contribution < -0.4 is 9.80 Å². The monoisotopic (exact) mass is 710 g/mol. The van der Waals surface area contributed by atoms with Gasteiger partial charge in [0, 0.05) is 28.1 Å². The first-order chi connectivity index (χ1) is 27.0. The number of benzene rings is 5. The van der Waals surface area contributed by atoms with Crippen LogP contribution in [0.15, 0.2) is 186 Å². The van der Waals surface area contributed by atoms with E-state index in [0.29, 0.717) is 5.92 Å². The van der Waals surface area contributed by atoms with Crippen molar-refractivity contribution >= 4 is 33.9 Å². The van der Waals surface area contributed by atoms with Crippen LogP contribution in [0.4, 0.5) is 22.7 Å². The highest BCUT2D eigenvalue weighted by Gasteiger charge is 2.55. The van der Waals surface area contributed by atoms with Crippen molar-refractivity contribution in [3.05, 3.63) is 214 Å². The summed E-state index contributed by atoms with van der Waals surface area (Å²) in [5.74, 6) is 0.461. The van der Waals surface area contributed by atoms with E-state index in [-0.39, 0.29) is 16.9 Å². The lowest BCUT2D eigenvalue weighted by Crippen LogP contribution is -2.37. The largest absolute Gasteiger partial charge is 0.334 e. The van der Waals surface area contributed by atoms with E-state index in [1.165, 1.54) is 84.1 Å². The zero-order valence-corrected chi connectivity index (χ0v) is 32.0. The molecule has 6 aliphatic rings. The van der Waals surface area contributed by atoms with Gasteiger partial charge in [0.15, 0.2) is 0 Å². The molecule has 0 saturated carbocycles. The number of para-hydroxylation sites is 3. The number of allylic oxidation sites excluding steroid dienone is 9. The Morgan fingerprint density at radius 1 is 0.618 bits per heavy atom. The van der Waals surface area contributed by atoms with Crippen LogP contribution in [0.3, 0.4) is 0 Å². The molecule has 0 saturated heterocycles. The highest BCUT2D eigenvalue weighted by atomic mass is 15.2. The second-order valence-electron chi connectivity index (χ2n) is 16.8. The molecule has 5 aromatic carbocycles. The summed E-state index contributed by atoms with van der Waals surface area (Å²) in [6, 6.07) is 47.8. The van der Waals surface area contributed by atoms with Crippen LogP contribution in [0.1, 0.15) is 74.3 Å². The summed E-state index contributed by atoms with van der Waals surface area (Å²) in [4.78, 5) is 5.19. The van der Waals surface area contributed by atoms with E-state index >= 15 is 0 Å². The van der Waals surface area contributed by atoms with Crippen molar-refractivity contribution in [3.8, 4) is 0 Å². The minimum Gasteiger partial charge on any atom is -0.334 e. The first-order valence-electron chi connectivity index (χ1n) is 20.3. The molecule has 5 aliphatic carbocycles. The minimum absolute atomic E-state index is 0.0675. The highest BCUT2D eigenvalue weighted by molar-refractivity contribution is 6.02. The van der Waals surface area contributed by atoms with Gasteiger partial charge in [-0.1, -0.05) is 148 Å². The molecule has 1 aliphatic heterocycles. The predicted molar refractivity (Wildman–Crippen MR) is 230 cm³/mol. The first-order valence-corrected chi connectivity index (χ1v) is 20.3. The molecule has 1 heterocycles. The lowest BCUT2D eigenvalue weighted by Gasteiger charge is -2.46. The summed E-state index contributed by atoms with van der Waals surface area (Å²) >= 11 is 0. The molecular formula is C53H46N2. The van der Waals surface area contributed by atoms with E-state index in [1.54, 1.807) is 0 Å². The molecule has 2 unspecified atom stereocenters. The lowest BCUT2D eigenvalue weighted by molar-refractivity contribution is 0.602. The number of rotatable bonds is 4. The number of nitrogens with zero attached hydrogens (tertiary/aromatic N) is 2. The quantitative estimate of drug-likeness (QED) is 0.183. The van der Waals surface area contributed by atoms with Crippen LogP contribution in [0.5, 0.6) is 0 Å². The third kappa shape index (κ3) is 4.49. The Morgan fingerprint density at radius 3 is 2.05 bits per heavy atom. The van der Waals surface area contributed by atoms with Crippen LogP contribution in [0.25, 0.3) is 11.1 Å². The highest BCUT2D eigenvalue weighted by Crippen LogP contribution is 2.66. The maximum Gasteiger partial charge on any atom is 0.0686 e. The van der Waals surface area contributed by atoms with Gasteiger partial charge < -0.3 is 9.80 Å². The van der Waals surface area contributed by atoms with Crippen molar-refractivity contribution in [2.24, 2.45) is 5.92 Å². The van der Waals surface area contributed by atoms with Crippen LogP contribution in [-0.2, 0) is 10.8 Å². The van der Waals surface area contributed by atoms with Gasteiger partial charge in [-0.25, -0.2) is 0 Å². The van der Waals surface area contributed by atoms with E-state index in [4.69, 9.17) is 0 Å². The molecule has 5 aromatic rings. The third-order valence-corrected chi connectivity index (χ3v) is 13.4. The minimum atomic E-state index is -0.376. The second kappa shape index (κ2) is 12.1. The first kappa shape index (κ1) is 32.6. The Balaban J connectivity index is 1.16. The van der Waals surface area contributed by atoms with Crippen LogP contribution in [0, 0.1) is 5.92 Å². The fourth-order valence-electron chi connectivity index (χ4n) is 11.1. The molecule has 0 bridgehead atoms. The van der Waals surface area contributed by atoms with Gasteiger partial charge in [-0.3, -0.25) is 0 Å². The van der Waals surface area contributed by atoms with Gasteiger partial charge in [0.1, 0.15) is 0 Å². The van der Waals surface area contributed by atoms with Crippen molar-refractivity contribution in [2.75, 3.05) is 9.80 Å². The topological polar surface area (TPSA) is 6.48 Å². The molecule has 0 amide bonds. The van der Waals surface area contributed by atoms with Crippen LogP contribution >= 0.6 is 0 Å². The molecule has 1 spiro atoms. The van der Waals surface area contributed by atoms with Crippen LogP contribution in [0.2, 0.25) is 0 Å². The Hall–Kier alpha value is -5.86. The van der Waals surface area contributed by atoms with Crippen LogP contribution in [-0.4, -0.2) is 6.04 Å². The molecule has 2 heteroatoms. The van der Waals surface area contributed by atoms with Gasteiger partial charge in [-0.2, -0.15) is 0 Å². The van der Waals surface area contributed by atoms with Crippen molar-refractivity contribution in [1.82, 2.24) is 0 Å². The van der Waals surface area contributed by atoms with E-state index in [0.717, 1.165) is 25.7 Å². The average Bonchev–Trinajstić information content (AvgIpc) is 3.69. The summed E-state index contributed by atoms with van der Waals surface area (Å²) < 4.78 is 0. The molecule has 268 valence electrons. The normalized spacial score (nSPS) is 23.7. The van der Waals surface area contributed by atoms with E-state index in [1.807, 2.05) is 0 Å². The Kier molecular flexibility index (Phi) is 7.15. The smallest absolute Gasteiger partial charge is 0.0686 e. The fourth-order valence-corrected chi connectivity index (χ4v) is 11.1. The van der Waals surface area contributed by atoms with E-state index in [2.05, 4.69) is 194 Å². The molecule has 0 fully saturated rings. The van der Waals surface area contributed by atoms with Crippen molar-refractivity contribution in [2.45, 2.75) is 63.3 Å². The second-order valence-corrected chi connectivity index (χ2v) is 16.8. The SMILES string of the molecule is C[C@H]1C=CC2=C(C1)c1c(N3C4=CCCC=C4C(C)(C)c4ccccc43)cccc1C21C2=C(C=CC(N(c3ccccc3)c3ccccc3)C2)c2ccccc21. The maximum atomic E-state index is 2.64. The summed E-state index contributed by atoms with van der Waals surface area (Å²) in [5, 5.41) is 0. The summed E-state index contributed by atoms with van der Waals surface area (Å²) in [6.07, 6.45) is 19.1. The van der Waals surface area contributed by atoms with E-state index in [9.17, 15) is 0 Å². The van der Waals surface area contributed by atoms with Crippen molar-refractivity contribution in [1.29, 1.82) is 0 Å². The zero-order valence-electron chi connectivity index (χ0n) is 32.0. The standard InChI is InChI=1S/C53H46N2/c1-35-29-32-43-41(33-35)51-46(25-16-28-50(51)55-48-26-14-12-23-44(48)52(2,3)45-24-13-15-27-49(45)55)53(43)42-22-11-10-21-39(42)40-31-30-38(34-47(40)53)54(36-17-6-4-7-18-36)37-19-8-5-9-20-37/h4-12,14,16-32,35,38H,13,15,33-34H2,1-3H3/t35-,38?,53?/m0/s1. The van der Waals surface area contributed by atoms with Crippen molar-refractivity contribution < 1.29 is 0 Å². The van der Waals surface area contributed by atoms with Gasteiger partial charge >= 0.3 is 0 Å². The Labute approximate surface area is 325 Å². The van der Waals surface area contributed by atoms with Gasteiger partial charge in [-0.05, 0) is 118 Å². The molecule has 0 N–H and O–H groups in total. The third-order valence-electron chi connectivity index (χ3n) is 13.4. The zero-order chi connectivity index (χ0) is 36.9. The lowest BCUT2D eigenvalue weighted by atomic mass is 9.66. The number of hydrogen-bond donors (Lipinski definition) is 0. The average molecular weight is 711 g/mol. The van der Waals surface area contributed by atoms with Gasteiger partial charge in [0.2, 0.25) is 0 Å². The van der Waals surface area contributed by atoms with Gasteiger partial charge in [0.05, 0.1) is 22.8 Å². The van der Waals surface area contributed by atoms with Gasteiger partial charge in [0.25, 0.3) is 0 Å². The molecule has 0 aromatic heterocycles. The number of fused-ring (bicyclic) bond motifs is 10. The maximum absolute atomic E-state index is 2.64. The molecule has 0 radical (unpaired) electrons. The van der Waals surface area contributed by atoms with Crippen molar-refractivity contribution in [3.63, 3.8) is 0 Å². The predicted octanol–water partition coefficient (Wildman–Crippen LogP) is 13.3. The Bertz CT molecular complexity index is 2550. The molecule has 2 nitrogen and oxygen atoms in total. The fraction of sp³-hybridized carbons (Fsp3) is 0.208. The molecule has 3 atom stereocenters. The summed E-state index contributed by atoms with van der Waals surface area (Å²) in [7, 11) is 0. The number of anilines is 4. The molecule has 11 rings (SSSR count). The van der Waals surface area contributed by atoms with E-state index < -0.39 is 0 Å². The molecule has 55 heavy (non-hydrogen) atoms. The van der Waals surface area contributed by atoms with Gasteiger partial charge in [-0.15, -0.1) is 0 Å².